The highest BCUT2D eigenvalue weighted by Crippen LogP contribution is 2.35. The number of benzene rings is 1. The lowest BCUT2D eigenvalue weighted by Gasteiger charge is -2.36. The van der Waals surface area contributed by atoms with Gasteiger partial charge < -0.3 is 16.2 Å². The van der Waals surface area contributed by atoms with Gasteiger partial charge in [-0.25, -0.2) is 0 Å². The molecule has 0 amide bonds. The standard InChI is InChI=1S/C14H22N2O/c15-12-4-6-13(7-5-12)16-10-14(11-17)8-2-1-3-9-14/h4-7,16-17H,1-3,8-11,15H2. The van der Waals surface area contributed by atoms with Gasteiger partial charge in [-0.15, -0.1) is 0 Å². The fourth-order valence-corrected chi connectivity index (χ4v) is 2.58. The van der Waals surface area contributed by atoms with Crippen LogP contribution >= 0.6 is 0 Å². The van der Waals surface area contributed by atoms with Crippen LogP contribution in [0.1, 0.15) is 32.1 Å². The number of anilines is 2. The summed E-state index contributed by atoms with van der Waals surface area (Å²) in [6, 6.07) is 7.77. The molecule has 3 heteroatoms. The number of nitrogen functional groups attached to an aromatic ring is 1. The number of aliphatic hydroxyl groups excluding tert-OH is 1. The Morgan fingerprint density at radius 1 is 1.12 bits per heavy atom. The summed E-state index contributed by atoms with van der Waals surface area (Å²) in [6.45, 7) is 1.14. The van der Waals surface area contributed by atoms with Gasteiger partial charge in [-0.2, -0.15) is 0 Å². The van der Waals surface area contributed by atoms with E-state index in [-0.39, 0.29) is 12.0 Å². The highest BCUT2D eigenvalue weighted by Gasteiger charge is 2.30. The Morgan fingerprint density at radius 2 is 1.76 bits per heavy atom. The summed E-state index contributed by atoms with van der Waals surface area (Å²) in [5.74, 6) is 0. The van der Waals surface area contributed by atoms with Crippen molar-refractivity contribution < 1.29 is 5.11 Å². The van der Waals surface area contributed by atoms with Crippen LogP contribution in [0.4, 0.5) is 11.4 Å². The quantitative estimate of drug-likeness (QED) is 0.702. The average Bonchev–Trinajstić information content (AvgIpc) is 2.39. The molecule has 1 aromatic rings. The van der Waals surface area contributed by atoms with E-state index in [4.69, 9.17) is 5.73 Å². The second-order valence-corrected chi connectivity index (χ2v) is 5.19. The van der Waals surface area contributed by atoms with Gasteiger partial charge in [0.15, 0.2) is 0 Å². The first-order chi connectivity index (χ1) is 8.24. The van der Waals surface area contributed by atoms with Crippen LogP contribution in [0.2, 0.25) is 0 Å². The van der Waals surface area contributed by atoms with Gasteiger partial charge in [0, 0.05) is 23.3 Å². The zero-order chi connectivity index (χ0) is 12.1. The molecule has 94 valence electrons. The zero-order valence-corrected chi connectivity index (χ0v) is 10.3. The molecule has 1 aliphatic rings. The van der Waals surface area contributed by atoms with Crippen molar-refractivity contribution in [2.75, 3.05) is 24.2 Å². The number of nitrogens with one attached hydrogen (secondary N) is 1. The Morgan fingerprint density at radius 3 is 2.35 bits per heavy atom. The van der Waals surface area contributed by atoms with Crippen LogP contribution in [0.3, 0.4) is 0 Å². The average molecular weight is 234 g/mol. The van der Waals surface area contributed by atoms with Gasteiger partial charge >= 0.3 is 0 Å². The van der Waals surface area contributed by atoms with Crippen molar-refractivity contribution in [3.63, 3.8) is 0 Å². The molecular weight excluding hydrogens is 212 g/mol. The number of hydrogen-bond acceptors (Lipinski definition) is 3. The van der Waals surface area contributed by atoms with Gasteiger partial charge in [-0.05, 0) is 37.1 Å². The van der Waals surface area contributed by atoms with Gasteiger partial charge in [0.2, 0.25) is 0 Å². The summed E-state index contributed by atoms with van der Waals surface area (Å²) in [5.41, 5.74) is 7.60. The second-order valence-electron chi connectivity index (χ2n) is 5.19. The fraction of sp³-hybridized carbons (Fsp3) is 0.571. The molecular formula is C14H22N2O. The lowest BCUT2D eigenvalue weighted by Crippen LogP contribution is -2.35. The highest BCUT2D eigenvalue weighted by molar-refractivity contribution is 5.51. The van der Waals surface area contributed by atoms with Crippen molar-refractivity contribution in [1.29, 1.82) is 0 Å². The second kappa shape index (κ2) is 5.41. The molecule has 0 saturated heterocycles. The third-order valence-corrected chi connectivity index (χ3v) is 3.83. The van der Waals surface area contributed by atoms with Gasteiger partial charge in [-0.1, -0.05) is 19.3 Å². The van der Waals surface area contributed by atoms with Crippen LogP contribution < -0.4 is 11.1 Å². The van der Waals surface area contributed by atoms with Crippen LogP contribution in [0.15, 0.2) is 24.3 Å². The summed E-state index contributed by atoms with van der Waals surface area (Å²) >= 11 is 0. The molecule has 0 unspecified atom stereocenters. The Bertz CT molecular complexity index is 342. The van der Waals surface area contributed by atoms with E-state index < -0.39 is 0 Å². The third kappa shape index (κ3) is 3.13. The Hall–Kier alpha value is -1.22. The van der Waals surface area contributed by atoms with Crippen molar-refractivity contribution in [2.24, 2.45) is 5.41 Å². The first kappa shape index (κ1) is 12.2. The molecule has 0 spiro atoms. The predicted molar refractivity (Wildman–Crippen MR) is 71.9 cm³/mol. The molecule has 1 saturated carbocycles. The maximum absolute atomic E-state index is 9.60. The van der Waals surface area contributed by atoms with E-state index in [9.17, 15) is 5.11 Å². The van der Waals surface area contributed by atoms with E-state index in [1.54, 1.807) is 0 Å². The molecule has 4 N–H and O–H groups in total. The number of rotatable bonds is 4. The van der Waals surface area contributed by atoms with Crippen molar-refractivity contribution >= 4 is 11.4 Å². The Kier molecular flexibility index (Phi) is 3.89. The molecule has 0 bridgehead atoms. The summed E-state index contributed by atoms with van der Waals surface area (Å²) in [5, 5.41) is 13.0. The van der Waals surface area contributed by atoms with Gasteiger partial charge in [0.25, 0.3) is 0 Å². The Balaban J connectivity index is 1.93. The van der Waals surface area contributed by atoms with E-state index in [0.29, 0.717) is 0 Å². The third-order valence-electron chi connectivity index (χ3n) is 3.83. The van der Waals surface area contributed by atoms with Crippen molar-refractivity contribution in [1.82, 2.24) is 0 Å². The SMILES string of the molecule is Nc1ccc(NCC2(CO)CCCCC2)cc1. The monoisotopic (exact) mass is 234 g/mol. The minimum Gasteiger partial charge on any atom is -0.399 e. The lowest BCUT2D eigenvalue weighted by atomic mass is 9.74. The van der Waals surface area contributed by atoms with Crippen molar-refractivity contribution in [2.45, 2.75) is 32.1 Å². The van der Waals surface area contributed by atoms with E-state index in [2.05, 4.69) is 5.32 Å². The van der Waals surface area contributed by atoms with Crippen molar-refractivity contribution in [3.05, 3.63) is 24.3 Å². The summed E-state index contributed by atoms with van der Waals surface area (Å²) in [6.07, 6.45) is 6.05. The molecule has 1 aliphatic carbocycles. The Labute approximate surface area is 103 Å². The maximum atomic E-state index is 9.60. The van der Waals surface area contributed by atoms with Crippen LogP contribution in [0.25, 0.3) is 0 Å². The summed E-state index contributed by atoms with van der Waals surface area (Å²) in [7, 11) is 0. The number of nitrogens with two attached hydrogens (primary N) is 1. The molecule has 2 rings (SSSR count). The number of aliphatic hydroxyl groups is 1. The van der Waals surface area contributed by atoms with Crippen LogP contribution in [-0.2, 0) is 0 Å². The molecule has 0 radical (unpaired) electrons. The van der Waals surface area contributed by atoms with Crippen LogP contribution in [0.5, 0.6) is 0 Å². The minimum atomic E-state index is 0.0830. The fourth-order valence-electron chi connectivity index (χ4n) is 2.58. The van der Waals surface area contributed by atoms with E-state index in [1.807, 2.05) is 24.3 Å². The molecule has 1 fully saturated rings. The van der Waals surface area contributed by atoms with E-state index >= 15 is 0 Å². The lowest BCUT2D eigenvalue weighted by molar-refractivity contribution is 0.0944. The summed E-state index contributed by atoms with van der Waals surface area (Å²) < 4.78 is 0. The molecule has 0 aromatic heterocycles. The first-order valence-electron chi connectivity index (χ1n) is 6.44. The zero-order valence-electron chi connectivity index (χ0n) is 10.3. The maximum Gasteiger partial charge on any atom is 0.0504 e. The normalized spacial score (nSPS) is 18.9. The summed E-state index contributed by atoms with van der Waals surface area (Å²) in [4.78, 5) is 0. The molecule has 0 atom stereocenters. The molecule has 1 aromatic carbocycles. The topological polar surface area (TPSA) is 58.3 Å². The van der Waals surface area contributed by atoms with Gasteiger partial charge in [-0.3, -0.25) is 0 Å². The number of hydrogen-bond donors (Lipinski definition) is 3. The molecule has 17 heavy (non-hydrogen) atoms. The molecule has 3 nitrogen and oxygen atoms in total. The highest BCUT2D eigenvalue weighted by atomic mass is 16.3. The largest absolute Gasteiger partial charge is 0.399 e. The van der Waals surface area contributed by atoms with Crippen LogP contribution in [0, 0.1) is 5.41 Å². The first-order valence-corrected chi connectivity index (χ1v) is 6.44. The molecule has 0 heterocycles. The van der Waals surface area contributed by atoms with E-state index in [1.165, 1.54) is 19.3 Å². The van der Waals surface area contributed by atoms with Crippen molar-refractivity contribution in [3.8, 4) is 0 Å². The van der Waals surface area contributed by atoms with Gasteiger partial charge in [0.1, 0.15) is 0 Å². The smallest absolute Gasteiger partial charge is 0.0504 e. The van der Waals surface area contributed by atoms with E-state index in [0.717, 1.165) is 30.8 Å². The molecule has 0 aliphatic heterocycles. The minimum absolute atomic E-state index is 0.0830. The predicted octanol–water partition coefficient (Wildman–Crippen LogP) is 2.62. The van der Waals surface area contributed by atoms with Crippen LogP contribution in [-0.4, -0.2) is 18.3 Å². The van der Waals surface area contributed by atoms with Gasteiger partial charge in [0.05, 0.1) is 6.61 Å².